The minimum Gasteiger partial charge on any atom is -0.310 e. The fourth-order valence-corrected chi connectivity index (χ4v) is 9.84. The Morgan fingerprint density at radius 2 is 0.500 bits per heavy atom. The minimum absolute atomic E-state index is 0.989. The summed E-state index contributed by atoms with van der Waals surface area (Å²) >= 11 is 0. The van der Waals surface area contributed by atoms with E-state index in [9.17, 15) is 0 Å². The molecule has 326 valence electrons. The quantitative estimate of drug-likeness (QED) is 0.113. The molecular weight excluding hydrogens is 821 g/mol. The van der Waals surface area contributed by atoms with Gasteiger partial charge in [0.15, 0.2) is 0 Å². The van der Waals surface area contributed by atoms with Gasteiger partial charge in [-0.15, -0.1) is 0 Å². The molecule has 11 rings (SSSR count). The van der Waals surface area contributed by atoms with Gasteiger partial charge in [0.1, 0.15) is 0 Å². The maximum absolute atomic E-state index is 2.42. The maximum Gasteiger partial charge on any atom is 0.0468 e. The van der Waals surface area contributed by atoms with E-state index in [1.165, 1.54) is 77.2 Å². The molecule has 0 fully saturated rings. The summed E-state index contributed by atoms with van der Waals surface area (Å²) in [4.78, 5) is 4.81. The molecule has 0 spiro atoms. The lowest BCUT2D eigenvalue weighted by Crippen LogP contribution is -2.10. The Labute approximate surface area is 400 Å². The molecule has 0 radical (unpaired) electrons. The van der Waals surface area contributed by atoms with Crippen LogP contribution >= 0.6 is 0 Å². The summed E-state index contributed by atoms with van der Waals surface area (Å²) in [5.74, 6) is 0. The zero-order valence-corrected chi connectivity index (χ0v) is 38.6. The number of anilines is 6. The topological polar surface area (TPSA) is 6.48 Å². The number of hydrogen-bond acceptors (Lipinski definition) is 2. The van der Waals surface area contributed by atoms with E-state index >= 15 is 0 Å². The van der Waals surface area contributed by atoms with Crippen LogP contribution in [0.25, 0.3) is 66.1 Å². The Hall–Kier alpha value is -8.46. The summed E-state index contributed by atoms with van der Waals surface area (Å²) in [6.45, 7) is 4.43. The van der Waals surface area contributed by atoms with Crippen LogP contribution < -0.4 is 9.80 Å². The van der Waals surface area contributed by atoms with E-state index in [-0.39, 0.29) is 0 Å². The van der Waals surface area contributed by atoms with Crippen molar-refractivity contribution in [1.29, 1.82) is 0 Å². The highest BCUT2D eigenvalue weighted by atomic mass is 15.1. The maximum atomic E-state index is 2.42. The Kier molecular flexibility index (Phi) is 11.7. The molecule has 0 aliphatic heterocycles. The van der Waals surface area contributed by atoms with Crippen molar-refractivity contribution in [3.63, 3.8) is 0 Å². The number of rotatable bonds is 12. The summed E-state index contributed by atoms with van der Waals surface area (Å²) in [5.41, 5.74) is 18.9. The molecule has 0 saturated heterocycles. The van der Waals surface area contributed by atoms with Crippen LogP contribution in [0.3, 0.4) is 0 Å². The van der Waals surface area contributed by atoms with Crippen LogP contribution in [0.5, 0.6) is 0 Å². The van der Waals surface area contributed by atoms with Gasteiger partial charge in [-0.1, -0.05) is 196 Å². The third-order valence-electron chi connectivity index (χ3n) is 13.4. The number of aryl methyl sites for hydroxylation is 2. The van der Waals surface area contributed by atoms with Crippen LogP contribution in [0.15, 0.2) is 255 Å². The van der Waals surface area contributed by atoms with Crippen molar-refractivity contribution in [1.82, 2.24) is 0 Å². The third-order valence-corrected chi connectivity index (χ3v) is 13.4. The van der Waals surface area contributed by atoms with Crippen LogP contribution in [0.1, 0.15) is 25.0 Å². The van der Waals surface area contributed by atoms with Gasteiger partial charge in [-0.05, 0) is 163 Å². The molecule has 0 aliphatic rings. The standard InChI is InChI=1S/C66H52N2/c1-3-47-25-33-55(34-26-47)67(57-37-29-51(30-38-57)49-17-9-5-10-18-49)59-41-43-61-63(45-59)65(53-21-13-7-14-22-53)62-44-42-60(46-64(62)66(61)54-23-15-8-16-24-54)68(56-35-27-48(4-2)28-36-56)58-39-31-52(32-40-58)50-19-11-6-12-20-50/h5-46H,3-4H2,1-2H3. The molecular formula is C66H52N2. The van der Waals surface area contributed by atoms with E-state index in [2.05, 4.69) is 278 Å². The van der Waals surface area contributed by atoms with Crippen LogP contribution in [0, 0.1) is 0 Å². The molecule has 0 unspecified atom stereocenters. The van der Waals surface area contributed by atoms with Gasteiger partial charge >= 0.3 is 0 Å². The average Bonchev–Trinajstić information content (AvgIpc) is 3.42. The number of fused-ring (bicyclic) bond motifs is 2. The van der Waals surface area contributed by atoms with Crippen molar-refractivity contribution in [3.8, 4) is 44.5 Å². The smallest absolute Gasteiger partial charge is 0.0468 e. The van der Waals surface area contributed by atoms with E-state index in [0.717, 1.165) is 47.0 Å². The highest BCUT2D eigenvalue weighted by molar-refractivity contribution is 6.22. The van der Waals surface area contributed by atoms with Gasteiger partial charge in [-0.3, -0.25) is 0 Å². The molecule has 0 heterocycles. The van der Waals surface area contributed by atoms with Gasteiger partial charge in [0.05, 0.1) is 0 Å². The summed E-state index contributed by atoms with van der Waals surface area (Å²) < 4.78 is 0. The average molecular weight is 873 g/mol. The van der Waals surface area contributed by atoms with Gasteiger partial charge in [-0.2, -0.15) is 0 Å². The van der Waals surface area contributed by atoms with Crippen molar-refractivity contribution in [2.45, 2.75) is 26.7 Å². The molecule has 0 aliphatic carbocycles. The molecule has 0 bridgehead atoms. The van der Waals surface area contributed by atoms with Crippen LogP contribution in [-0.2, 0) is 12.8 Å². The van der Waals surface area contributed by atoms with Crippen molar-refractivity contribution < 1.29 is 0 Å². The zero-order valence-electron chi connectivity index (χ0n) is 38.6. The molecule has 0 amide bonds. The van der Waals surface area contributed by atoms with Crippen LogP contribution in [0.4, 0.5) is 34.1 Å². The lowest BCUT2D eigenvalue weighted by molar-refractivity contribution is 1.14. The second-order valence-corrected chi connectivity index (χ2v) is 17.5. The molecule has 0 aromatic heterocycles. The second kappa shape index (κ2) is 18.8. The SMILES string of the molecule is CCc1ccc(N(c2ccc(-c3ccccc3)cc2)c2ccc3c(-c4ccccc4)c4cc(N(c5ccc(CC)cc5)c5ccc(-c6ccccc6)cc5)ccc4c(-c4ccccc4)c3c2)cc1. The molecule has 0 saturated carbocycles. The van der Waals surface area contributed by atoms with Crippen molar-refractivity contribution in [3.05, 3.63) is 266 Å². The fraction of sp³-hybridized carbons (Fsp3) is 0.0606. The van der Waals surface area contributed by atoms with Gasteiger partial charge in [0.2, 0.25) is 0 Å². The number of hydrogen-bond donors (Lipinski definition) is 0. The van der Waals surface area contributed by atoms with E-state index in [0.29, 0.717) is 0 Å². The first-order valence-electron chi connectivity index (χ1n) is 23.9. The van der Waals surface area contributed by atoms with E-state index < -0.39 is 0 Å². The van der Waals surface area contributed by atoms with E-state index in [1.807, 2.05) is 0 Å². The summed E-state index contributed by atoms with van der Waals surface area (Å²) in [5, 5.41) is 4.81. The Morgan fingerprint density at radius 3 is 0.809 bits per heavy atom. The van der Waals surface area contributed by atoms with Crippen LogP contribution in [0.2, 0.25) is 0 Å². The van der Waals surface area contributed by atoms with Crippen LogP contribution in [-0.4, -0.2) is 0 Å². The molecule has 11 aromatic rings. The third kappa shape index (κ3) is 8.23. The Balaban J connectivity index is 1.14. The van der Waals surface area contributed by atoms with Crippen molar-refractivity contribution in [2.75, 3.05) is 9.80 Å². The normalized spacial score (nSPS) is 11.2. The molecule has 2 heteroatoms. The zero-order chi connectivity index (χ0) is 45.8. The lowest BCUT2D eigenvalue weighted by atomic mass is 9.85. The fourth-order valence-electron chi connectivity index (χ4n) is 9.84. The highest BCUT2D eigenvalue weighted by Gasteiger charge is 2.22. The number of benzene rings is 11. The molecule has 0 atom stereocenters. The lowest BCUT2D eigenvalue weighted by Gasteiger charge is -2.28. The van der Waals surface area contributed by atoms with E-state index in [1.54, 1.807) is 0 Å². The highest BCUT2D eigenvalue weighted by Crippen LogP contribution is 2.48. The summed E-state index contributed by atoms with van der Waals surface area (Å²) in [6, 6.07) is 93.4. The molecule has 11 aromatic carbocycles. The first kappa shape index (κ1) is 42.2. The second-order valence-electron chi connectivity index (χ2n) is 17.5. The Bertz CT molecular complexity index is 3220. The summed E-state index contributed by atoms with van der Waals surface area (Å²) in [7, 11) is 0. The predicted molar refractivity (Wildman–Crippen MR) is 291 cm³/mol. The molecule has 2 nitrogen and oxygen atoms in total. The molecule has 0 N–H and O–H groups in total. The Morgan fingerprint density at radius 1 is 0.235 bits per heavy atom. The first-order chi connectivity index (χ1) is 33.6. The van der Waals surface area contributed by atoms with Gasteiger partial charge in [0, 0.05) is 34.1 Å². The van der Waals surface area contributed by atoms with Gasteiger partial charge < -0.3 is 9.80 Å². The van der Waals surface area contributed by atoms with Crippen molar-refractivity contribution in [2.24, 2.45) is 0 Å². The van der Waals surface area contributed by atoms with E-state index in [4.69, 9.17) is 0 Å². The monoisotopic (exact) mass is 872 g/mol. The summed E-state index contributed by atoms with van der Waals surface area (Å²) in [6.07, 6.45) is 1.98. The largest absolute Gasteiger partial charge is 0.310 e. The van der Waals surface area contributed by atoms with Gasteiger partial charge in [0.25, 0.3) is 0 Å². The predicted octanol–water partition coefficient (Wildman–Crippen LogP) is 18.7. The van der Waals surface area contributed by atoms with Crippen molar-refractivity contribution >= 4 is 55.7 Å². The van der Waals surface area contributed by atoms with Gasteiger partial charge in [-0.25, -0.2) is 0 Å². The molecule has 68 heavy (non-hydrogen) atoms. The minimum atomic E-state index is 0.989. The number of nitrogens with zero attached hydrogens (tertiary/aromatic N) is 2. The first-order valence-corrected chi connectivity index (χ1v) is 23.9.